The molecular weight excluding hydrogens is 454 g/mol. The molecule has 36 heavy (non-hydrogen) atoms. The van der Waals surface area contributed by atoms with E-state index in [0.717, 1.165) is 28.8 Å². The number of aromatic hydroxyl groups is 1. The zero-order valence-corrected chi connectivity index (χ0v) is 20.8. The standard InChI is InChI=1S/C29H31N3O4/c1-20(2)15-16-35-23-13-11-22(12-14-23)18-32-26-10-5-4-9-25(26)28(29(32)34)31-30-27(33)19-36-24-8-6-7-21(3)17-24/h4-14,17,20,34H,15-16,18-19H2,1-3H3. The van der Waals surface area contributed by atoms with Crippen molar-refractivity contribution >= 4 is 22.5 Å². The quantitative estimate of drug-likeness (QED) is 0.250. The van der Waals surface area contributed by atoms with Crippen LogP contribution in [0.4, 0.5) is 5.69 Å². The van der Waals surface area contributed by atoms with Crippen LogP contribution in [0.3, 0.4) is 0 Å². The summed E-state index contributed by atoms with van der Waals surface area (Å²) < 4.78 is 13.1. The van der Waals surface area contributed by atoms with Gasteiger partial charge in [-0.2, -0.15) is 0 Å². The van der Waals surface area contributed by atoms with Crippen LogP contribution in [0.2, 0.25) is 0 Å². The Morgan fingerprint density at radius 3 is 2.50 bits per heavy atom. The molecule has 0 atom stereocenters. The van der Waals surface area contributed by atoms with Gasteiger partial charge < -0.3 is 19.1 Å². The van der Waals surface area contributed by atoms with Gasteiger partial charge in [0.1, 0.15) is 11.5 Å². The van der Waals surface area contributed by atoms with Crippen LogP contribution < -0.4 is 9.47 Å². The van der Waals surface area contributed by atoms with Crippen molar-refractivity contribution in [1.29, 1.82) is 0 Å². The maximum absolute atomic E-state index is 12.3. The molecule has 7 heteroatoms. The molecular formula is C29H31N3O4. The zero-order chi connectivity index (χ0) is 25.5. The lowest BCUT2D eigenvalue weighted by Crippen LogP contribution is -2.07. The fourth-order valence-corrected chi connectivity index (χ4v) is 3.80. The molecule has 1 amide bonds. The molecule has 0 aliphatic carbocycles. The maximum Gasteiger partial charge on any atom is 0.302 e. The monoisotopic (exact) mass is 485 g/mol. The van der Waals surface area contributed by atoms with Crippen molar-refractivity contribution < 1.29 is 19.4 Å². The molecule has 0 bridgehead atoms. The number of para-hydroxylation sites is 1. The van der Waals surface area contributed by atoms with Crippen LogP contribution in [-0.4, -0.2) is 28.8 Å². The lowest BCUT2D eigenvalue weighted by molar-refractivity contribution is -0.120. The Balaban J connectivity index is 1.48. The van der Waals surface area contributed by atoms with E-state index in [1.54, 1.807) is 10.6 Å². The Kier molecular flexibility index (Phi) is 8.00. The van der Waals surface area contributed by atoms with Gasteiger partial charge >= 0.3 is 5.91 Å². The highest BCUT2D eigenvalue weighted by Gasteiger charge is 2.17. The van der Waals surface area contributed by atoms with Gasteiger partial charge in [-0.3, -0.25) is 4.79 Å². The smallest absolute Gasteiger partial charge is 0.302 e. The molecule has 0 radical (unpaired) electrons. The molecule has 0 spiro atoms. The fourth-order valence-electron chi connectivity index (χ4n) is 3.80. The number of rotatable bonds is 10. The molecule has 4 rings (SSSR count). The third kappa shape index (κ3) is 6.30. The van der Waals surface area contributed by atoms with E-state index in [-0.39, 0.29) is 18.2 Å². The second-order valence-corrected chi connectivity index (χ2v) is 9.15. The lowest BCUT2D eigenvalue weighted by Gasteiger charge is -2.10. The predicted molar refractivity (Wildman–Crippen MR) is 140 cm³/mol. The first kappa shape index (κ1) is 25.0. The van der Waals surface area contributed by atoms with E-state index in [4.69, 9.17) is 9.47 Å². The Labute approximate surface area is 211 Å². The minimum absolute atomic E-state index is 0.0513. The van der Waals surface area contributed by atoms with Gasteiger partial charge in [-0.15, -0.1) is 10.2 Å². The van der Waals surface area contributed by atoms with Crippen LogP contribution in [0, 0.1) is 12.8 Å². The number of carbonyl (C=O) groups excluding carboxylic acids is 1. The number of hydrogen-bond acceptors (Lipinski definition) is 5. The summed E-state index contributed by atoms with van der Waals surface area (Å²) in [5, 5.41) is 19.6. The molecule has 3 aromatic carbocycles. The molecule has 0 unspecified atom stereocenters. The van der Waals surface area contributed by atoms with E-state index in [1.807, 2.05) is 73.7 Å². The highest BCUT2D eigenvalue weighted by molar-refractivity contribution is 5.95. The average molecular weight is 486 g/mol. The van der Waals surface area contributed by atoms with Crippen molar-refractivity contribution in [3.8, 4) is 17.4 Å². The molecule has 1 aromatic heterocycles. The van der Waals surface area contributed by atoms with Gasteiger partial charge in [0, 0.05) is 5.39 Å². The minimum Gasteiger partial charge on any atom is -0.494 e. The number of ether oxygens (including phenoxy) is 2. The van der Waals surface area contributed by atoms with Crippen LogP contribution in [0.5, 0.6) is 17.4 Å². The first-order chi connectivity index (χ1) is 17.4. The number of benzene rings is 3. The van der Waals surface area contributed by atoms with Crippen LogP contribution >= 0.6 is 0 Å². The molecule has 0 fully saturated rings. The summed E-state index contributed by atoms with van der Waals surface area (Å²) in [6.45, 7) is 7.16. The van der Waals surface area contributed by atoms with E-state index < -0.39 is 5.91 Å². The number of carbonyl (C=O) groups is 1. The molecule has 0 saturated heterocycles. The second-order valence-electron chi connectivity index (χ2n) is 9.15. The molecule has 0 aliphatic rings. The number of aryl methyl sites for hydroxylation is 1. The summed E-state index contributed by atoms with van der Waals surface area (Å²) in [5.74, 6) is 1.41. The molecule has 4 aromatic rings. The van der Waals surface area contributed by atoms with E-state index in [2.05, 4.69) is 24.1 Å². The van der Waals surface area contributed by atoms with E-state index in [0.29, 0.717) is 30.2 Å². The SMILES string of the molecule is Cc1cccc(OCC(=O)N=Nc2c(O)n(Cc3ccc(OCCC(C)C)cc3)c3ccccc23)c1. The van der Waals surface area contributed by atoms with Gasteiger partial charge in [-0.25, -0.2) is 0 Å². The number of azo groups is 1. The van der Waals surface area contributed by atoms with Crippen molar-refractivity contribution in [2.45, 2.75) is 33.7 Å². The highest BCUT2D eigenvalue weighted by Crippen LogP contribution is 2.39. The third-order valence-corrected chi connectivity index (χ3v) is 5.76. The summed E-state index contributed by atoms with van der Waals surface area (Å²) in [6, 6.07) is 22.8. The summed E-state index contributed by atoms with van der Waals surface area (Å²) in [6.07, 6.45) is 1.00. The van der Waals surface area contributed by atoms with Crippen LogP contribution in [0.1, 0.15) is 31.4 Å². The van der Waals surface area contributed by atoms with Crippen LogP contribution in [-0.2, 0) is 11.3 Å². The molecule has 7 nitrogen and oxygen atoms in total. The van der Waals surface area contributed by atoms with Gasteiger partial charge in [0.2, 0.25) is 5.88 Å². The highest BCUT2D eigenvalue weighted by atomic mass is 16.5. The number of hydrogen-bond donors (Lipinski definition) is 1. The van der Waals surface area contributed by atoms with Gasteiger partial charge in [0.15, 0.2) is 12.3 Å². The Bertz CT molecular complexity index is 1360. The van der Waals surface area contributed by atoms with E-state index >= 15 is 0 Å². The topological polar surface area (TPSA) is 85.4 Å². The van der Waals surface area contributed by atoms with Crippen molar-refractivity contribution in [3.63, 3.8) is 0 Å². The van der Waals surface area contributed by atoms with Gasteiger partial charge in [-0.05, 0) is 60.7 Å². The van der Waals surface area contributed by atoms with Crippen molar-refractivity contribution in [1.82, 2.24) is 4.57 Å². The molecule has 1 N–H and O–H groups in total. The summed E-state index contributed by atoms with van der Waals surface area (Å²) in [7, 11) is 0. The fraction of sp³-hybridized carbons (Fsp3) is 0.276. The third-order valence-electron chi connectivity index (χ3n) is 5.76. The van der Waals surface area contributed by atoms with Gasteiger partial charge in [0.25, 0.3) is 0 Å². The minimum atomic E-state index is -0.541. The number of nitrogens with zero attached hydrogens (tertiary/aromatic N) is 3. The molecule has 0 aliphatic heterocycles. The Morgan fingerprint density at radius 2 is 1.75 bits per heavy atom. The number of fused-ring (bicyclic) bond motifs is 1. The van der Waals surface area contributed by atoms with E-state index in [1.165, 1.54) is 0 Å². The largest absolute Gasteiger partial charge is 0.494 e. The van der Waals surface area contributed by atoms with E-state index in [9.17, 15) is 9.90 Å². The first-order valence-corrected chi connectivity index (χ1v) is 12.1. The molecule has 186 valence electrons. The van der Waals surface area contributed by atoms with Gasteiger partial charge in [0.05, 0.1) is 18.7 Å². The molecule has 0 saturated carbocycles. The zero-order valence-electron chi connectivity index (χ0n) is 20.8. The average Bonchev–Trinajstić information content (AvgIpc) is 3.13. The van der Waals surface area contributed by atoms with Crippen LogP contribution in [0.15, 0.2) is 83.0 Å². The molecule has 1 heterocycles. The lowest BCUT2D eigenvalue weighted by atomic mass is 10.1. The van der Waals surface area contributed by atoms with Crippen LogP contribution in [0.25, 0.3) is 10.9 Å². The summed E-state index contributed by atoms with van der Waals surface area (Å²) in [4.78, 5) is 12.3. The number of aromatic nitrogens is 1. The Morgan fingerprint density at radius 1 is 0.972 bits per heavy atom. The van der Waals surface area contributed by atoms with Crippen molar-refractivity contribution in [2.75, 3.05) is 13.2 Å². The summed E-state index contributed by atoms with van der Waals surface area (Å²) in [5.41, 5.74) is 3.08. The maximum atomic E-state index is 12.3. The predicted octanol–water partition coefficient (Wildman–Crippen LogP) is 6.82. The Hall–Kier alpha value is -4.13. The number of amides is 1. The normalized spacial score (nSPS) is 11.4. The summed E-state index contributed by atoms with van der Waals surface area (Å²) >= 11 is 0. The van der Waals surface area contributed by atoms with Crippen molar-refractivity contribution in [2.24, 2.45) is 16.1 Å². The second kappa shape index (κ2) is 11.5. The van der Waals surface area contributed by atoms with Gasteiger partial charge in [-0.1, -0.05) is 56.3 Å². The van der Waals surface area contributed by atoms with Crippen molar-refractivity contribution in [3.05, 3.63) is 83.9 Å². The first-order valence-electron chi connectivity index (χ1n) is 12.1.